The Morgan fingerprint density at radius 3 is 2.71 bits per heavy atom. The maximum atomic E-state index is 13.4. The van der Waals surface area contributed by atoms with Crippen LogP contribution in [0.15, 0.2) is 40.2 Å². The monoisotopic (exact) mass is 371 g/mol. The molecule has 7 heteroatoms. The zero-order chi connectivity index (χ0) is 15.4. The summed E-state index contributed by atoms with van der Waals surface area (Å²) in [6.07, 6.45) is -0.231. The minimum atomic E-state index is -1.02. The van der Waals surface area contributed by atoms with Gasteiger partial charge in [0.25, 0.3) is 5.91 Å². The van der Waals surface area contributed by atoms with Gasteiger partial charge in [-0.05, 0) is 45.6 Å². The number of hydrogen-bond donors (Lipinski definition) is 2. The first-order valence-corrected chi connectivity index (χ1v) is 7.65. The highest BCUT2D eigenvalue weighted by Gasteiger charge is 2.20. The lowest BCUT2D eigenvalue weighted by Gasteiger charge is -2.15. The van der Waals surface area contributed by atoms with Crippen molar-refractivity contribution in [2.75, 3.05) is 0 Å². The molecular weight excluding hydrogens is 361 g/mol. The van der Waals surface area contributed by atoms with Gasteiger partial charge in [0.05, 0.1) is 16.9 Å². The van der Waals surface area contributed by atoms with E-state index in [4.69, 9.17) is 5.11 Å². The van der Waals surface area contributed by atoms with Gasteiger partial charge < -0.3 is 10.4 Å². The van der Waals surface area contributed by atoms with Crippen molar-refractivity contribution >= 4 is 39.1 Å². The number of hydrogen-bond acceptors (Lipinski definition) is 3. The summed E-state index contributed by atoms with van der Waals surface area (Å²) >= 11 is 4.37. The molecule has 110 valence electrons. The molecule has 21 heavy (non-hydrogen) atoms. The van der Waals surface area contributed by atoms with Crippen LogP contribution in [0, 0.1) is 5.82 Å². The summed E-state index contributed by atoms with van der Waals surface area (Å²) in [6, 6.07) is 6.89. The molecule has 1 atom stereocenters. The maximum Gasteiger partial charge on any atom is 0.305 e. The number of carbonyl (C=O) groups is 2. The van der Waals surface area contributed by atoms with Crippen LogP contribution in [0.2, 0.25) is 0 Å². The number of nitrogens with one attached hydrogen (secondary N) is 1. The zero-order valence-corrected chi connectivity index (χ0v) is 13.1. The molecule has 2 rings (SSSR count). The Labute approximate surface area is 132 Å². The SMILES string of the molecule is O=C(O)CC(NC(=O)c1ccc(Br)c(F)c1)c1cccs1. The molecule has 1 unspecified atom stereocenters. The molecule has 4 nitrogen and oxygen atoms in total. The second-order valence-electron chi connectivity index (χ2n) is 4.27. The van der Waals surface area contributed by atoms with E-state index in [2.05, 4.69) is 21.2 Å². The summed E-state index contributed by atoms with van der Waals surface area (Å²) in [5.74, 6) is -2.08. The van der Waals surface area contributed by atoms with Gasteiger partial charge in [0.1, 0.15) is 5.82 Å². The van der Waals surface area contributed by atoms with Crippen molar-refractivity contribution < 1.29 is 19.1 Å². The summed E-state index contributed by atoms with van der Waals surface area (Å²) in [7, 11) is 0. The van der Waals surface area contributed by atoms with Crippen LogP contribution in [0.1, 0.15) is 27.7 Å². The Morgan fingerprint density at radius 1 is 1.38 bits per heavy atom. The Morgan fingerprint density at radius 2 is 2.14 bits per heavy atom. The standard InChI is InChI=1S/C14H11BrFNO3S/c15-9-4-3-8(6-10(9)16)14(20)17-11(7-13(18)19)12-2-1-5-21-12/h1-6,11H,7H2,(H,17,20)(H,18,19). The van der Waals surface area contributed by atoms with Crippen LogP contribution in [0.4, 0.5) is 4.39 Å². The fourth-order valence-corrected chi connectivity index (χ4v) is 2.79. The Balaban J connectivity index is 2.17. The van der Waals surface area contributed by atoms with Crippen LogP contribution in [0.25, 0.3) is 0 Å². The summed E-state index contributed by atoms with van der Waals surface area (Å²) in [5, 5.41) is 13.4. The molecule has 0 aliphatic heterocycles. The number of thiophene rings is 1. The second-order valence-corrected chi connectivity index (χ2v) is 6.10. The minimum Gasteiger partial charge on any atom is -0.481 e. The van der Waals surface area contributed by atoms with Gasteiger partial charge in [-0.15, -0.1) is 11.3 Å². The summed E-state index contributed by atoms with van der Waals surface area (Å²) in [6.45, 7) is 0. The lowest BCUT2D eigenvalue weighted by Crippen LogP contribution is -2.29. The molecule has 0 aliphatic rings. The minimum absolute atomic E-state index is 0.141. The molecule has 1 aromatic heterocycles. The Kier molecular flexibility index (Phi) is 5.08. The molecule has 0 spiro atoms. The van der Waals surface area contributed by atoms with Crippen LogP contribution in [-0.2, 0) is 4.79 Å². The number of halogens is 2. The van der Waals surface area contributed by atoms with Gasteiger partial charge in [0.15, 0.2) is 0 Å². The predicted octanol–water partition coefficient (Wildman–Crippen LogP) is 3.60. The van der Waals surface area contributed by atoms with E-state index < -0.39 is 23.7 Å². The summed E-state index contributed by atoms with van der Waals surface area (Å²) < 4.78 is 13.7. The van der Waals surface area contributed by atoms with E-state index in [1.807, 2.05) is 0 Å². The van der Waals surface area contributed by atoms with Crippen LogP contribution < -0.4 is 5.32 Å². The third-order valence-electron chi connectivity index (χ3n) is 2.75. The third-order valence-corrected chi connectivity index (χ3v) is 4.38. The maximum absolute atomic E-state index is 13.4. The van der Waals surface area contributed by atoms with Crippen molar-refractivity contribution in [1.82, 2.24) is 5.32 Å². The molecule has 0 saturated carbocycles. The molecule has 2 aromatic rings. The summed E-state index contributed by atoms with van der Waals surface area (Å²) in [4.78, 5) is 23.8. The highest BCUT2D eigenvalue weighted by Crippen LogP contribution is 2.23. The molecule has 0 bridgehead atoms. The Bertz CT molecular complexity index is 660. The second kappa shape index (κ2) is 6.82. The lowest BCUT2D eigenvalue weighted by molar-refractivity contribution is -0.137. The van der Waals surface area contributed by atoms with E-state index in [0.717, 1.165) is 10.9 Å². The van der Waals surface area contributed by atoms with E-state index in [9.17, 15) is 14.0 Å². The fourth-order valence-electron chi connectivity index (χ4n) is 1.77. The van der Waals surface area contributed by atoms with Crippen molar-refractivity contribution in [2.24, 2.45) is 0 Å². The molecule has 1 amide bonds. The van der Waals surface area contributed by atoms with Gasteiger partial charge in [0, 0.05) is 10.4 Å². The van der Waals surface area contributed by atoms with Crippen molar-refractivity contribution in [3.63, 3.8) is 0 Å². The summed E-state index contributed by atoms with van der Waals surface area (Å²) in [5.41, 5.74) is 0.141. The predicted molar refractivity (Wildman–Crippen MR) is 80.9 cm³/mol. The van der Waals surface area contributed by atoms with E-state index in [1.54, 1.807) is 17.5 Å². The lowest BCUT2D eigenvalue weighted by atomic mass is 10.1. The van der Waals surface area contributed by atoms with E-state index in [-0.39, 0.29) is 16.5 Å². The number of carboxylic acid groups (broad SMARTS) is 1. The number of carbonyl (C=O) groups excluding carboxylic acids is 1. The van der Waals surface area contributed by atoms with Crippen LogP contribution >= 0.6 is 27.3 Å². The number of aliphatic carboxylic acids is 1. The van der Waals surface area contributed by atoms with Crippen LogP contribution in [0.3, 0.4) is 0 Å². The number of carboxylic acids is 1. The molecule has 1 heterocycles. The largest absolute Gasteiger partial charge is 0.481 e. The third kappa shape index (κ3) is 4.12. The first-order valence-electron chi connectivity index (χ1n) is 5.98. The van der Waals surface area contributed by atoms with Gasteiger partial charge in [-0.25, -0.2) is 4.39 Å². The molecule has 0 aliphatic carbocycles. The molecule has 2 N–H and O–H groups in total. The smallest absolute Gasteiger partial charge is 0.305 e. The molecule has 0 saturated heterocycles. The van der Waals surface area contributed by atoms with Crippen LogP contribution in [-0.4, -0.2) is 17.0 Å². The highest BCUT2D eigenvalue weighted by atomic mass is 79.9. The first kappa shape index (κ1) is 15.7. The number of amides is 1. The van der Waals surface area contributed by atoms with Gasteiger partial charge in [0.2, 0.25) is 0 Å². The van der Waals surface area contributed by atoms with Gasteiger partial charge in [-0.1, -0.05) is 6.07 Å². The first-order chi connectivity index (χ1) is 9.97. The van der Waals surface area contributed by atoms with Gasteiger partial charge in [-0.3, -0.25) is 9.59 Å². The zero-order valence-electron chi connectivity index (χ0n) is 10.7. The normalized spacial score (nSPS) is 11.9. The molecule has 0 radical (unpaired) electrons. The molecule has 1 aromatic carbocycles. The van der Waals surface area contributed by atoms with Gasteiger partial charge >= 0.3 is 5.97 Å². The van der Waals surface area contributed by atoms with Crippen molar-refractivity contribution in [2.45, 2.75) is 12.5 Å². The average molecular weight is 372 g/mol. The van der Waals surface area contributed by atoms with E-state index in [1.165, 1.54) is 23.5 Å². The Hall–Kier alpha value is -1.73. The quantitative estimate of drug-likeness (QED) is 0.843. The van der Waals surface area contributed by atoms with E-state index >= 15 is 0 Å². The van der Waals surface area contributed by atoms with Gasteiger partial charge in [-0.2, -0.15) is 0 Å². The van der Waals surface area contributed by atoms with E-state index in [0.29, 0.717) is 0 Å². The number of rotatable bonds is 5. The van der Waals surface area contributed by atoms with Crippen molar-refractivity contribution in [3.8, 4) is 0 Å². The highest BCUT2D eigenvalue weighted by molar-refractivity contribution is 9.10. The topological polar surface area (TPSA) is 66.4 Å². The molecule has 0 fully saturated rings. The van der Waals surface area contributed by atoms with Crippen molar-refractivity contribution in [1.29, 1.82) is 0 Å². The number of benzene rings is 1. The fraction of sp³-hybridized carbons (Fsp3) is 0.143. The average Bonchev–Trinajstić information content (AvgIpc) is 2.94. The van der Waals surface area contributed by atoms with Crippen LogP contribution in [0.5, 0.6) is 0 Å². The molecular formula is C14H11BrFNO3S. The van der Waals surface area contributed by atoms with Crippen molar-refractivity contribution in [3.05, 3.63) is 56.4 Å².